The molecule has 0 radical (unpaired) electrons. The highest BCUT2D eigenvalue weighted by Crippen LogP contribution is 2.33. The third-order valence-corrected chi connectivity index (χ3v) is 3.62. The van der Waals surface area contributed by atoms with Gasteiger partial charge in [0.1, 0.15) is 11.3 Å². The summed E-state index contributed by atoms with van der Waals surface area (Å²) in [4.78, 5) is 20.4. The maximum atomic E-state index is 12.6. The summed E-state index contributed by atoms with van der Waals surface area (Å²) in [6, 6.07) is -0.142. The average molecular weight is 328 g/mol. The number of rotatable bonds is 2. The van der Waals surface area contributed by atoms with E-state index in [-0.39, 0.29) is 18.2 Å². The fourth-order valence-electron chi connectivity index (χ4n) is 2.76. The van der Waals surface area contributed by atoms with E-state index in [0.29, 0.717) is 6.54 Å². The summed E-state index contributed by atoms with van der Waals surface area (Å²) in [5.74, 6) is 0.756. The molecule has 0 spiro atoms. The predicted molar refractivity (Wildman–Crippen MR) is 91.5 cm³/mol. The Morgan fingerprint density at radius 1 is 1.39 bits per heavy atom. The second kappa shape index (κ2) is 6.95. The largest absolute Gasteiger partial charge is 0.444 e. The number of hydrogen-bond donors (Lipinski definition) is 1. The molecule has 0 saturated carbocycles. The number of ether oxygens (including phenoxy) is 2. The van der Waals surface area contributed by atoms with Crippen molar-refractivity contribution in [3.8, 4) is 0 Å². The van der Waals surface area contributed by atoms with Crippen molar-refractivity contribution in [2.45, 2.75) is 65.0 Å². The van der Waals surface area contributed by atoms with Crippen LogP contribution < -0.4 is 5.32 Å². The molecule has 1 N–H and O–H groups in total. The Labute approximate surface area is 140 Å². The minimum atomic E-state index is -0.713. The Kier molecular flexibility index (Phi) is 5.90. The van der Waals surface area contributed by atoms with Gasteiger partial charge >= 0.3 is 6.09 Å². The molecule has 0 aromatic carbocycles. The van der Waals surface area contributed by atoms with Gasteiger partial charge in [-0.25, -0.2) is 4.79 Å². The quantitative estimate of drug-likeness (QED) is 0.619. The van der Waals surface area contributed by atoms with Gasteiger partial charge in [-0.3, -0.25) is 9.89 Å². The topological polar surface area (TPSA) is 66.4 Å². The van der Waals surface area contributed by atoms with Gasteiger partial charge in [0.05, 0.1) is 12.1 Å². The Morgan fingerprint density at radius 2 is 1.96 bits per heavy atom. The fourth-order valence-corrected chi connectivity index (χ4v) is 2.76. The first-order chi connectivity index (χ1) is 10.4. The first-order valence-electron chi connectivity index (χ1n) is 7.97. The number of hydrogen-bond acceptors (Lipinski definition) is 4. The van der Waals surface area contributed by atoms with Crippen LogP contribution in [-0.2, 0) is 9.47 Å². The molecule has 1 heterocycles. The van der Waals surface area contributed by atoms with E-state index < -0.39 is 11.3 Å². The van der Waals surface area contributed by atoms with Crippen LogP contribution in [0.4, 0.5) is 4.79 Å². The zero-order chi connectivity index (χ0) is 18.0. The lowest BCUT2D eigenvalue weighted by Crippen LogP contribution is -2.54. The van der Waals surface area contributed by atoms with E-state index in [9.17, 15) is 4.79 Å². The fraction of sp³-hybridized carbons (Fsp3) is 0.875. The van der Waals surface area contributed by atoms with E-state index in [1.54, 1.807) is 11.9 Å². The number of amides is 1. The van der Waals surface area contributed by atoms with Gasteiger partial charge < -0.3 is 19.7 Å². The highest BCUT2D eigenvalue weighted by Gasteiger charge is 2.49. The smallest absolute Gasteiger partial charge is 0.412 e. The zero-order valence-corrected chi connectivity index (χ0v) is 15.9. The van der Waals surface area contributed by atoms with Crippen molar-refractivity contribution >= 4 is 12.1 Å². The van der Waals surface area contributed by atoms with Crippen molar-refractivity contribution in [1.29, 1.82) is 0 Å². The van der Waals surface area contributed by atoms with Crippen LogP contribution in [0.1, 0.15) is 41.5 Å². The van der Waals surface area contributed by atoms with Crippen LogP contribution in [-0.4, -0.2) is 73.0 Å². The van der Waals surface area contributed by atoms with Crippen molar-refractivity contribution in [2.75, 3.05) is 27.7 Å². The monoisotopic (exact) mass is 328 g/mol. The number of nitrogens with one attached hydrogen (secondary N) is 1. The summed E-state index contributed by atoms with van der Waals surface area (Å²) in [5.41, 5.74) is -1.26. The Hall–Kier alpha value is -1.50. The lowest BCUT2D eigenvalue weighted by molar-refractivity contribution is -0.0755. The van der Waals surface area contributed by atoms with Crippen molar-refractivity contribution < 1.29 is 14.3 Å². The molecule has 0 aromatic heterocycles. The molecule has 1 aliphatic heterocycles. The molecule has 1 aliphatic rings. The summed E-state index contributed by atoms with van der Waals surface area (Å²) in [6.07, 6.45) is -0.469. The third kappa shape index (κ3) is 4.99. The van der Waals surface area contributed by atoms with Crippen LogP contribution >= 0.6 is 0 Å². The number of carbonyl (C=O) groups excluding carboxylic acids is 1. The third-order valence-electron chi connectivity index (χ3n) is 3.62. The summed E-state index contributed by atoms with van der Waals surface area (Å²) in [5, 5.41) is 3.27. The van der Waals surface area contributed by atoms with E-state index in [4.69, 9.17) is 9.47 Å². The molecule has 2 unspecified atom stereocenters. The van der Waals surface area contributed by atoms with Crippen molar-refractivity contribution in [3.05, 3.63) is 0 Å². The Morgan fingerprint density at radius 3 is 2.39 bits per heavy atom. The molecule has 1 rings (SSSR count). The zero-order valence-electron chi connectivity index (χ0n) is 15.9. The first-order valence-corrected chi connectivity index (χ1v) is 7.97. The molecule has 1 fully saturated rings. The lowest BCUT2D eigenvalue weighted by atomic mass is 10.1. The van der Waals surface area contributed by atoms with Crippen LogP contribution in [0.25, 0.3) is 0 Å². The van der Waals surface area contributed by atoms with Crippen molar-refractivity contribution in [3.63, 3.8) is 0 Å². The minimum Gasteiger partial charge on any atom is -0.444 e. The molecule has 0 aromatic rings. The molecule has 0 aliphatic carbocycles. The standard InChI is InChI=1S/C16H32N4O3/c1-11-12(10-18-13(17-7)19(8)9)20(16(5,6)22-11)14(21)23-15(2,3)4/h11-12H,10H2,1-9H3,(H,17,18). The molecule has 7 heteroatoms. The number of guanidine groups is 1. The van der Waals surface area contributed by atoms with Gasteiger partial charge in [-0.05, 0) is 41.5 Å². The van der Waals surface area contributed by atoms with E-state index in [1.807, 2.05) is 60.5 Å². The number of carbonyl (C=O) groups is 1. The number of nitrogens with zero attached hydrogens (tertiary/aromatic N) is 3. The van der Waals surface area contributed by atoms with Gasteiger partial charge in [-0.1, -0.05) is 0 Å². The van der Waals surface area contributed by atoms with Crippen LogP contribution in [0.5, 0.6) is 0 Å². The van der Waals surface area contributed by atoms with Crippen molar-refractivity contribution in [1.82, 2.24) is 15.1 Å². The van der Waals surface area contributed by atoms with E-state index in [0.717, 1.165) is 5.96 Å². The lowest BCUT2D eigenvalue weighted by Gasteiger charge is -2.35. The van der Waals surface area contributed by atoms with Gasteiger partial charge in [-0.2, -0.15) is 0 Å². The normalized spacial score (nSPS) is 24.6. The molecular formula is C16H32N4O3. The molecule has 1 saturated heterocycles. The predicted octanol–water partition coefficient (Wildman–Crippen LogP) is 1.88. The van der Waals surface area contributed by atoms with Crippen LogP contribution in [0.2, 0.25) is 0 Å². The number of aliphatic imine (C=N–C) groups is 1. The van der Waals surface area contributed by atoms with E-state index >= 15 is 0 Å². The minimum absolute atomic E-state index is 0.106. The average Bonchev–Trinajstić information content (AvgIpc) is 2.56. The van der Waals surface area contributed by atoms with E-state index in [2.05, 4.69) is 10.3 Å². The highest BCUT2D eigenvalue weighted by molar-refractivity contribution is 5.79. The summed E-state index contributed by atoms with van der Waals surface area (Å²) in [7, 11) is 5.56. The SMILES string of the molecule is CN=C(NCC1C(C)OC(C)(C)N1C(=O)OC(C)(C)C)N(C)C. The molecule has 1 amide bonds. The first kappa shape index (κ1) is 19.5. The maximum Gasteiger partial charge on any atom is 0.412 e. The summed E-state index contributed by atoms with van der Waals surface area (Å²) < 4.78 is 11.5. The van der Waals surface area contributed by atoms with Gasteiger partial charge in [0.2, 0.25) is 0 Å². The molecule has 7 nitrogen and oxygen atoms in total. The second-order valence-corrected chi connectivity index (χ2v) is 7.51. The van der Waals surface area contributed by atoms with Gasteiger partial charge in [-0.15, -0.1) is 0 Å². The molecule has 0 bridgehead atoms. The Balaban J connectivity index is 2.92. The summed E-state index contributed by atoms with van der Waals surface area (Å²) in [6.45, 7) is 11.9. The molecule has 134 valence electrons. The molecule has 23 heavy (non-hydrogen) atoms. The van der Waals surface area contributed by atoms with Crippen LogP contribution in [0.3, 0.4) is 0 Å². The van der Waals surface area contributed by atoms with Gasteiger partial charge in [0, 0.05) is 27.7 Å². The molecule has 2 atom stereocenters. The Bertz CT molecular complexity index is 455. The van der Waals surface area contributed by atoms with Crippen molar-refractivity contribution in [2.24, 2.45) is 4.99 Å². The summed E-state index contributed by atoms with van der Waals surface area (Å²) >= 11 is 0. The van der Waals surface area contributed by atoms with Crippen LogP contribution in [0, 0.1) is 0 Å². The maximum absolute atomic E-state index is 12.6. The van der Waals surface area contributed by atoms with Gasteiger partial charge in [0.15, 0.2) is 5.96 Å². The highest BCUT2D eigenvalue weighted by atomic mass is 16.6. The van der Waals surface area contributed by atoms with Gasteiger partial charge in [0.25, 0.3) is 0 Å². The van der Waals surface area contributed by atoms with E-state index in [1.165, 1.54) is 0 Å². The van der Waals surface area contributed by atoms with Crippen LogP contribution in [0.15, 0.2) is 4.99 Å². The molecular weight excluding hydrogens is 296 g/mol. The second-order valence-electron chi connectivity index (χ2n) is 7.51.